The van der Waals surface area contributed by atoms with Gasteiger partial charge in [-0.15, -0.1) is 5.10 Å². The molecule has 108 valence electrons. The van der Waals surface area contributed by atoms with E-state index in [2.05, 4.69) is 38.0 Å². The van der Waals surface area contributed by atoms with Gasteiger partial charge in [0.15, 0.2) is 5.69 Å². The molecule has 0 aliphatic carbocycles. The Morgan fingerprint density at radius 3 is 2.53 bits per heavy atom. The van der Waals surface area contributed by atoms with Crippen molar-refractivity contribution in [3.05, 3.63) is 11.4 Å². The average Bonchev–Trinajstić information content (AvgIpc) is 2.70. The fourth-order valence-corrected chi connectivity index (χ4v) is 1.80. The lowest BCUT2D eigenvalue weighted by molar-refractivity contribution is 0.0518. The van der Waals surface area contributed by atoms with Gasteiger partial charge in [0.05, 0.1) is 12.3 Å². The van der Waals surface area contributed by atoms with Gasteiger partial charge in [0, 0.05) is 6.54 Å². The third-order valence-electron chi connectivity index (χ3n) is 2.87. The van der Waals surface area contributed by atoms with Crippen LogP contribution in [0.25, 0.3) is 0 Å². The van der Waals surface area contributed by atoms with Gasteiger partial charge in [-0.3, -0.25) is 0 Å². The molecule has 0 atom stereocenters. The quantitative estimate of drug-likeness (QED) is 0.744. The largest absolute Gasteiger partial charge is 0.461 e. The molecule has 1 rings (SSSR count). The Hall–Kier alpha value is -1.39. The Labute approximate surface area is 115 Å². The summed E-state index contributed by atoms with van der Waals surface area (Å²) in [5, 5.41) is 8.10. The standard InChI is InChI=1S/C14H25N3O2/c1-6-8-11-12(13(18)19-7-2)15-16-17(11)10-9-14(3,4)5/h6-10H2,1-5H3. The van der Waals surface area contributed by atoms with Crippen molar-refractivity contribution in [1.82, 2.24) is 15.0 Å². The molecule has 0 aliphatic heterocycles. The van der Waals surface area contributed by atoms with Gasteiger partial charge < -0.3 is 4.74 Å². The smallest absolute Gasteiger partial charge is 0.360 e. The molecule has 0 N–H and O–H groups in total. The van der Waals surface area contributed by atoms with E-state index >= 15 is 0 Å². The molecule has 5 nitrogen and oxygen atoms in total. The molecule has 0 radical (unpaired) electrons. The van der Waals surface area contributed by atoms with E-state index in [0.717, 1.165) is 31.5 Å². The number of carbonyl (C=O) groups is 1. The van der Waals surface area contributed by atoms with Crippen molar-refractivity contribution in [3.63, 3.8) is 0 Å². The Bertz CT molecular complexity index is 419. The molecule has 1 heterocycles. The van der Waals surface area contributed by atoms with E-state index in [1.165, 1.54) is 0 Å². The molecule has 0 saturated heterocycles. The molecular formula is C14H25N3O2. The molecular weight excluding hydrogens is 242 g/mol. The van der Waals surface area contributed by atoms with Crippen molar-refractivity contribution in [2.45, 2.75) is 60.4 Å². The van der Waals surface area contributed by atoms with Crippen LogP contribution in [0.3, 0.4) is 0 Å². The molecule has 0 aliphatic rings. The average molecular weight is 267 g/mol. The summed E-state index contributed by atoms with van der Waals surface area (Å²) in [6.07, 6.45) is 2.75. The molecule has 0 aromatic carbocycles. The zero-order valence-corrected chi connectivity index (χ0v) is 12.7. The van der Waals surface area contributed by atoms with E-state index < -0.39 is 0 Å². The maximum Gasteiger partial charge on any atom is 0.360 e. The number of aryl methyl sites for hydroxylation is 1. The number of esters is 1. The Morgan fingerprint density at radius 1 is 1.32 bits per heavy atom. The van der Waals surface area contributed by atoms with E-state index in [0.29, 0.717) is 12.3 Å². The second-order valence-electron chi connectivity index (χ2n) is 5.89. The third kappa shape index (κ3) is 4.65. The molecule has 1 aromatic heterocycles. The lowest BCUT2D eigenvalue weighted by Crippen LogP contribution is -2.15. The molecule has 0 unspecified atom stereocenters. The second-order valence-corrected chi connectivity index (χ2v) is 5.89. The van der Waals surface area contributed by atoms with Crippen LogP contribution in [0.4, 0.5) is 0 Å². The summed E-state index contributed by atoms with van der Waals surface area (Å²) in [6, 6.07) is 0. The van der Waals surface area contributed by atoms with Gasteiger partial charge in [0.25, 0.3) is 0 Å². The number of nitrogens with zero attached hydrogens (tertiary/aromatic N) is 3. The topological polar surface area (TPSA) is 57.0 Å². The molecule has 19 heavy (non-hydrogen) atoms. The first-order chi connectivity index (χ1) is 8.89. The van der Waals surface area contributed by atoms with Gasteiger partial charge in [-0.1, -0.05) is 39.3 Å². The maximum absolute atomic E-state index is 11.8. The Kier molecular flexibility index (Phi) is 5.51. The first-order valence-corrected chi connectivity index (χ1v) is 6.98. The van der Waals surface area contributed by atoms with E-state index in [-0.39, 0.29) is 11.4 Å². The SMILES string of the molecule is CCCc1c(C(=O)OCC)nnn1CCC(C)(C)C. The van der Waals surface area contributed by atoms with E-state index in [1.54, 1.807) is 6.92 Å². The molecule has 1 aromatic rings. The molecule has 0 saturated carbocycles. The van der Waals surface area contributed by atoms with Crippen molar-refractivity contribution in [2.24, 2.45) is 5.41 Å². The zero-order valence-electron chi connectivity index (χ0n) is 12.7. The van der Waals surface area contributed by atoms with E-state index in [1.807, 2.05) is 4.68 Å². The van der Waals surface area contributed by atoms with Gasteiger partial charge in [-0.25, -0.2) is 9.48 Å². The van der Waals surface area contributed by atoms with Gasteiger partial charge in [0.2, 0.25) is 0 Å². The van der Waals surface area contributed by atoms with Crippen LogP contribution in [0.1, 0.15) is 63.6 Å². The highest BCUT2D eigenvalue weighted by atomic mass is 16.5. The van der Waals surface area contributed by atoms with E-state index in [9.17, 15) is 4.79 Å². The van der Waals surface area contributed by atoms with Gasteiger partial charge in [-0.05, 0) is 25.2 Å². The highest BCUT2D eigenvalue weighted by molar-refractivity contribution is 5.88. The molecule has 5 heteroatoms. The monoisotopic (exact) mass is 267 g/mol. The summed E-state index contributed by atoms with van der Waals surface area (Å²) in [5.74, 6) is -0.368. The summed E-state index contributed by atoms with van der Waals surface area (Å²) in [4.78, 5) is 11.8. The number of carbonyl (C=O) groups excluding carboxylic acids is 1. The van der Waals surface area contributed by atoms with Crippen LogP contribution < -0.4 is 0 Å². The summed E-state index contributed by atoms with van der Waals surface area (Å²) in [5.41, 5.74) is 1.50. The van der Waals surface area contributed by atoms with Crippen molar-refractivity contribution in [1.29, 1.82) is 0 Å². The van der Waals surface area contributed by atoms with Crippen LogP contribution in [-0.4, -0.2) is 27.6 Å². The number of hydrogen-bond donors (Lipinski definition) is 0. The minimum absolute atomic E-state index is 0.236. The highest BCUT2D eigenvalue weighted by Gasteiger charge is 2.21. The zero-order chi connectivity index (χ0) is 14.5. The number of ether oxygens (including phenoxy) is 1. The fourth-order valence-electron chi connectivity index (χ4n) is 1.80. The van der Waals surface area contributed by atoms with Crippen LogP contribution in [0.15, 0.2) is 0 Å². The highest BCUT2D eigenvalue weighted by Crippen LogP contribution is 2.20. The Balaban J connectivity index is 2.90. The normalized spacial score (nSPS) is 11.6. The predicted molar refractivity (Wildman–Crippen MR) is 74.0 cm³/mol. The summed E-state index contributed by atoms with van der Waals surface area (Å²) < 4.78 is 6.87. The van der Waals surface area contributed by atoms with Crippen molar-refractivity contribution < 1.29 is 9.53 Å². The number of rotatable bonds is 6. The molecule has 0 bridgehead atoms. The van der Waals surface area contributed by atoms with Crippen molar-refractivity contribution in [2.75, 3.05) is 6.61 Å². The third-order valence-corrected chi connectivity index (χ3v) is 2.87. The summed E-state index contributed by atoms with van der Waals surface area (Å²) in [7, 11) is 0. The lowest BCUT2D eigenvalue weighted by atomic mass is 9.92. The Morgan fingerprint density at radius 2 is 2.00 bits per heavy atom. The minimum atomic E-state index is -0.368. The van der Waals surface area contributed by atoms with Crippen LogP contribution in [0, 0.1) is 5.41 Å². The number of aromatic nitrogens is 3. The van der Waals surface area contributed by atoms with E-state index in [4.69, 9.17) is 4.74 Å². The second kappa shape index (κ2) is 6.68. The van der Waals surface area contributed by atoms with Crippen molar-refractivity contribution >= 4 is 5.97 Å². The van der Waals surface area contributed by atoms with Gasteiger partial charge in [-0.2, -0.15) is 0 Å². The van der Waals surface area contributed by atoms with Crippen molar-refractivity contribution in [3.8, 4) is 0 Å². The lowest BCUT2D eigenvalue weighted by Gasteiger charge is -2.18. The predicted octanol–water partition coefficient (Wildman–Crippen LogP) is 2.84. The minimum Gasteiger partial charge on any atom is -0.461 e. The van der Waals surface area contributed by atoms with Gasteiger partial charge >= 0.3 is 5.97 Å². The summed E-state index contributed by atoms with van der Waals surface area (Å²) in [6.45, 7) is 11.6. The summed E-state index contributed by atoms with van der Waals surface area (Å²) >= 11 is 0. The molecule has 0 spiro atoms. The fraction of sp³-hybridized carbons (Fsp3) is 0.786. The first kappa shape index (κ1) is 15.7. The number of hydrogen-bond acceptors (Lipinski definition) is 4. The van der Waals surface area contributed by atoms with Crippen LogP contribution in [0.5, 0.6) is 0 Å². The molecule has 0 amide bonds. The van der Waals surface area contributed by atoms with Gasteiger partial charge in [0.1, 0.15) is 0 Å². The van der Waals surface area contributed by atoms with Crippen LogP contribution in [0.2, 0.25) is 0 Å². The van der Waals surface area contributed by atoms with Crippen LogP contribution >= 0.6 is 0 Å². The molecule has 0 fully saturated rings. The van der Waals surface area contributed by atoms with Crippen LogP contribution in [-0.2, 0) is 17.7 Å². The first-order valence-electron chi connectivity index (χ1n) is 6.98. The maximum atomic E-state index is 11.8.